The summed E-state index contributed by atoms with van der Waals surface area (Å²) in [7, 11) is 0. The maximum absolute atomic E-state index is 9.61. The Bertz CT molecular complexity index is 543. The molecule has 0 saturated carbocycles. The molecule has 1 saturated heterocycles. The molecule has 0 radical (unpaired) electrons. The molecule has 3 nitrogen and oxygen atoms in total. The monoisotopic (exact) mass is 318 g/mol. The maximum Gasteiger partial charge on any atom is 0.0977 e. The molecule has 0 amide bonds. The van der Waals surface area contributed by atoms with Crippen molar-refractivity contribution in [2.24, 2.45) is 0 Å². The zero-order chi connectivity index (χ0) is 16.4. The van der Waals surface area contributed by atoms with Gasteiger partial charge in [0.05, 0.1) is 31.0 Å². The van der Waals surface area contributed by atoms with Crippen molar-refractivity contribution in [1.82, 2.24) is 0 Å². The van der Waals surface area contributed by atoms with E-state index in [0.717, 1.165) is 44.1 Å². The van der Waals surface area contributed by atoms with Crippen molar-refractivity contribution in [2.45, 2.75) is 77.1 Å². The summed E-state index contributed by atoms with van der Waals surface area (Å²) in [5, 5.41) is 9.61. The Morgan fingerprint density at radius 1 is 1.22 bits per heavy atom. The van der Waals surface area contributed by atoms with Gasteiger partial charge >= 0.3 is 0 Å². The number of hydrogen-bond donors (Lipinski definition) is 1. The predicted octanol–water partition coefficient (Wildman–Crippen LogP) is 4.08. The highest BCUT2D eigenvalue weighted by molar-refractivity contribution is 5.30. The average molecular weight is 318 g/mol. The average Bonchev–Trinajstić information content (AvgIpc) is 3.00. The summed E-state index contributed by atoms with van der Waals surface area (Å²) in [6.07, 6.45) is 11.5. The van der Waals surface area contributed by atoms with Gasteiger partial charge in [-0.15, -0.1) is 0 Å². The molecule has 0 aromatic rings. The van der Waals surface area contributed by atoms with Crippen LogP contribution in [0.15, 0.2) is 34.4 Å². The van der Waals surface area contributed by atoms with Crippen molar-refractivity contribution < 1.29 is 14.6 Å². The molecule has 3 heteroatoms. The summed E-state index contributed by atoms with van der Waals surface area (Å²) in [4.78, 5) is 0. The van der Waals surface area contributed by atoms with Gasteiger partial charge in [0.1, 0.15) is 0 Å². The fourth-order valence-electron chi connectivity index (χ4n) is 3.81. The summed E-state index contributed by atoms with van der Waals surface area (Å²) >= 11 is 0. The Labute approximate surface area is 140 Å². The number of ether oxygens (including phenoxy) is 2. The van der Waals surface area contributed by atoms with Crippen molar-refractivity contribution in [3.63, 3.8) is 0 Å². The minimum absolute atomic E-state index is 0.0177. The summed E-state index contributed by atoms with van der Waals surface area (Å²) in [6, 6.07) is 0. The summed E-state index contributed by atoms with van der Waals surface area (Å²) < 4.78 is 11.9. The van der Waals surface area contributed by atoms with Gasteiger partial charge in [-0.25, -0.2) is 0 Å². The Hall–Kier alpha value is -0.900. The largest absolute Gasteiger partial charge is 0.392 e. The van der Waals surface area contributed by atoms with Crippen LogP contribution in [0.3, 0.4) is 0 Å². The highest BCUT2D eigenvalue weighted by Crippen LogP contribution is 2.45. The lowest BCUT2D eigenvalue weighted by molar-refractivity contribution is 0.145. The molecule has 0 spiro atoms. The van der Waals surface area contributed by atoms with Gasteiger partial charge in [0.15, 0.2) is 0 Å². The fourth-order valence-corrected chi connectivity index (χ4v) is 3.81. The summed E-state index contributed by atoms with van der Waals surface area (Å²) in [6.45, 7) is 7.34. The molecule has 3 aliphatic rings. The van der Waals surface area contributed by atoms with E-state index in [1.54, 1.807) is 0 Å². The number of fused-ring (bicyclic) bond motifs is 2. The summed E-state index contributed by atoms with van der Waals surface area (Å²) in [5.74, 6) is 0. The van der Waals surface area contributed by atoms with E-state index < -0.39 is 0 Å². The van der Waals surface area contributed by atoms with E-state index in [1.165, 1.54) is 16.7 Å². The third kappa shape index (κ3) is 3.96. The number of hydrogen-bond acceptors (Lipinski definition) is 3. The molecular formula is C20H30O3. The zero-order valence-corrected chi connectivity index (χ0v) is 14.7. The molecular weight excluding hydrogens is 288 g/mol. The van der Waals surface area contributed by atoms with Crippen LogP contribution in [0.2, 0.25) is 0 Å². The lowest BCUT2D eigenvalue weighted by atomic mass is 9.90. The summed E-state index contributed by atoms with van der Waals surface area (Å²) in [5.41, 5.74) is 5.23. The van der Waals surface area contributed by atoms with Crippen LogP contribution in [-0.4, -0.2) is 36.1 Å². The normalized spacial score (nSPS) is 40.3. The van der Waals surface area contributed by atoms with E-state index in [9.17, 15) is 5.11 Å². The van der Waals surface area contributed by atoms with E-state index in [0.29, 0.717) is 12.7 Å². The van der Waals surface area contributed by atoms with Crippen LogP contribution < -0.4 is 0 Å². The Balaban J connectivity index is 1.80. The maximum atomic E-state index is 9.61. The Morgan fingerprint density at radius 3 is 2.83 bits per heavy atom. The van der Waals surface area contributed by atoms with Gasteiger partial charge in [0.25, 0.3) is 0 Å². The lowest BCUT2D eigenvalue weighted by Gasteiger charge is -2.15. The van der Waals surface area contributed by atoms with Crippen molar-refractivity contribution in [2.75, 3.05) is 13.2 Å². The molecule has 1 N–H and O–H groups in total. The SMILES string of the molecule is C/C1=C\[C@@H]2OCC(CO)=C2CC[C@@]2(C)O[C@@H]2CC/C(C)=C/CC1. The molecule has 0 bridgehead atoms. The topological polar surface area (TPSA) is 42.0 Å². The molecule has 0 aromatic heterocycles. The molecule has 2 heterocycles. The minimum atomic E-state index is 0.0177. The van der Waals surface area contributed by atoms with Gasteiger partial charge in [-0.1, -0.05) is 23.3 Å². The first kappa shape index (κ1) is 16.9. The van der Waals surface area contributed by atoms with Gasteiger partial charge in [0, 0.05) is 0 Å². The van der Waals surface area contributed by atoms with Gasteiger partial charge in [-0.2, -0.15) is 0 Å². The molecule has 1 fully saturated rings. The van der Waals surface area contributed by atoms with Crippen molar-refractivity contribution in [3.8, 4) is 0 Å². The third-order valence-electron chi connectivity index (χ3n) is 5.62. The molecule has 2 aliphatic heterocycles. The van der Waals surface area contributed by atoms with Gasteiger partial charge < -0.3 is 14.6 Å². The predicted molar refractivity (Wildman–Crippen MR) is 92.3 cm³/mol. The number of epoxide rings is 1. The van der Waals surface area contributed by atoms with E-state index >= 15 is 0 Å². The van der Waals surface area contributed by atoms with Gasteiger partial charge in [0.2, 0.25) is 0 Å². The van der Waals surface area contributed by atoms with Crippen LogP contribution in [0.4, 0.5) is 0 Å². The highest BCUT2D eigenvalue weighted by Gasteiger charge is 2.51. The van der Waals surface area contributed by atoms with Gasteiger partial charge in [-0.3, -0.25) is 0 Å². The molecule has 1 aliphatic carbocycles. The second-order valence-electron chi connectivity index (χ2n) is 7.58. The lowest BCUT2D eigenvalue weighted by Crippen LogP contribution is -2.14. The number of aliphatic hydroxyl groups is 1. The van der Waals surface area contributed by atoms with Crippen molar-refractivity contribution >= 4 is 0 Å². The molecule has 128 valence electrons. The smallest absolute Gasteiger partial charge is 0.0977 e. The first-order chi connectivity index (χ1) is 11.0. The Morgan fingerprint density at radius 2 is 2.04 bits per heavy atom. The van der Waals surface area contributed by atoms with Crippen LogP contribution in [0.25, 0.3) is 0 Å². The van der Waals surface area contributed by atoms with Crippen LogP contribution in [0.5, 0.6) is 0 Å². The van der Waals surface area contributed by atoms with Crippen LogP contribution >= 0.6 is 0 Å². The second-order valence-corrected chi connectivity index (χ2v) is 7.58. The zero-order valence-electron chi connectivity index (χ0n) is 14.7. The standard InChI is InChI=1S/C20H30O3/c1-14-5-4-6-15(2)11-18-17(16(12-21)13-22-18)9-10-20(3)19(23-20)8-7-14/h5,11,18-19,21H,4,6-10,12-13H2,1-3H3/b14-5+,15-11+/t18-,19+,20+/m0/s1. The van der Waals surface area contributed by atoms with Crippen molar-refractivity contribution in [1.29, 1.82) is 0 Å². The van der Waals surface area contributed by atoms with E-state index in [2.05, 4.69) is 32.9 Å². The first-order valence-corrected chi connectivity index (χ1v) is 8.96. The molecule has 0 unspecified atom stereocenters. The molecule has 3 atom stereocenters. The highest BCUT2D eigenvalue weighted by atomic mass is 16.6. The number of rotatable bonds is 1. The number of aliphatic hydroxyl groups excluding tert-OH is 1. The Kier molecular flexibility index (Phi) is 5.10. The molecule has 23 heavy (non-hydrogen) atoms. The second kappa shape index (κ2) is 6.92. The van der Waals surface area contributed by atoms with Crippen LogP contribution in [-0.2, 0) is 9.47 Å². The van der Waals surface area contributed by atoms with E-state index in [-0.39, 0.29) is 18.3 Å². The fraction of sp³-hybridized carbons (Fsp3) is 0.700. The molecule has 3 rings (SSSR count). The number of allylic oxidation sites excluding steroid dienone is 3. The minimum Gasteiger partial charge on any atom is -0.392 e. The van der Waals surface area contributed by atoms with Crippen LogP contribution in [0.1, 0.15) is 59.3 Å². The van der Waals surface area contributed by atoms with Gasteiger partial charge in [-0.05, 0) is 70.4 Å². The first-order valence-electron chi connectivity index (χ1n) is 8.96. The molecule has 0 aromatic carbocycles. The third-order valence-corrected chi connectivity index (χ3v) is 5.62. The van der Waals surface area contributed by atoms with E-state index in [4.69, 9.17) is 9.47 Å². The van der Waals surface area contributed by atoms with E-state index in [1.807, 2.05) is 0 Å². The van der Waals surface area contributed by atoms with Crippen LogP contribution in [0, 0.1) is 0 Å². The quantitative estimate of drug-likeness (QED) is 0.585. The van der Waals surface area contributed by atoms with Crippen molar-refractivity contribution in [3.05, 3.63) is 34.4 Å².